The number of hydrogen-bond donors (Lipinski definition) is 2. The topological polar surface area (TPSA) is 20.2 Å². The normalized spacial score (nSPS) is 10.7. The molecule has 0 spiro atoms. The van der Waals surface area contributed by atoms with Crippen molar-refractivity contribution >= 4 is 35.2 Å². The fourth-order valence-electron chi connectivity index (χ4n) is 1.42. The Balaban J connectivity index is 2.73. The average molecular weight is 222 g/mol. The highest BCUT2D eigenvalue weighted by Crippen LogP contribution is 2.32. The number of thioether (sulfide) groups is 1. The van der Waals surface area contributed by atoms with Crippen molar-refractivity contribution in [3.63, 3.8) is 0 Å². The first-order valence-electron chi connectivity index (χ1n) is 4.20. The molecule has 0 aliphatic rings. The molecule has 0 atom stereocenters. The molecule has 0 saturated heterocycles. The fourth-order valence-corrected chi connectivity index (χ4v) is 2.14. The molecule has 14 heavy (non-hydrogen) atoms. The number of rotatable bonds is 1. The number of phenolic OH excluding ortho intramolecular Hbond substituents is 1. The molecule has 0 amide bonds. The van der Waals surface area contributed by atoms with Crippen LogP contribution in [0.2, 0.25) is 0 Å². The van der Waals surface area contributed by atoms with Gasteiger partial charge in [0.15, 0.2) is 0 Å². The van der Waals surface area contributed by atoms with E-state index >= 15 is 0 Å². The Morgan fingerprint density at radius 2 is 1.93 bits per heavy atom. The molecular formula is C11H10OS2. The Labute approximate surface area is 92.6 Å². The van der Waals surface area contributed by atoms with E-state index in [9.17, 15) is 5.11 Å². The van der Waals surface area contributed by atoms with Gasteiger partial charge in [-0.25, -0.2) is 0 Å². The van der Waals surface area contributed by atoms with E-state index in [1.807, 2.05) is 30.5 Å². The van der Waals surface area contributed by atoms with Gasteiger partial charge in [0, 0.05) is 9.79 Å². The molecule has 1 nitrogen and oxygen atoms in total. The highest BCUT2D eigenvalue weighted by atomic mass is 32.2. The lowest BCUT2D eigenvalue weighted by Crippen LogP contribution is -1.77. The van der Waals surface area contributed by atoms with E-state index < -0.39 is 0 Å². The van der Waals surface area contributed by atoms with Crippen LogP contribution in [0.3, 0.4) is 0 Å². The number of aromatic hydroxyl groups is 1. The Hall–Kier alpha value is -0.800. The predicted molar refractivity (Wildman–Crippen MR) is 64.6 cm³/mol. The van der Waals surface area contributed by atoms with Crippen molar-refractivity contribution in [3.05, 3.63) is 30.3 Å². The van der Waals surface area contributed by atoms with Gasteiger partial charge in [0.05, 0.1) is 0 Å². The third-order valence-electron chi connectivity index (χ3n) is 2.12. The van der Waals surface area contributed by atoms with E-state index in [1.165, 1.54) is 0 Å². The first-order chi connectivity index (χ1) is 6.70. The second kappa shape index (κ2) is 3.75. The Morgan fingerprint density at radius 3 is 2.64 bits per heavy atom. The monoisotopic (exact) mass is 222 g/mol. The summed E-state index contributed by atoms with van der Waals surface area (Å²) in [6, 6.07) is 9.65. The summed E-state index contributed by atoms with van der Waals surface area (Å²) < 4.78 is 0. The van der Waals surface area contributed by atoms with Gasteiger partial charge in [0.2, 0.25) is 0 Å². The van der Waals surface area contributed by atoms with Crippen LogP contribution in [0.4, 0.5) is 0 Å². The van der Waals surface area contributed by atoms with Crippen molar-refractivity contribution < 1.29 is 5.11 Å². The highest BCUT2D eigenvalue weighted by molar-refractivity contribution is 7.98. The Bertz CT molecular complexity index is 480. The quantitative estimate of drug-likeness (QED) is 0.568. The lowest BCUT2D eigenvalue weighted by molar-refractivity contribution is 0.463. The van der Waals surface area contributed by atoms with Crippen LogP contribution in [-0.4, -0.2) is 11.4 Å². The molecule has 3 heteroatoms. The smallest absolute Gasteiger partial charge is 0.129 e. The van der Waals surface area contributed by atoms with Crippen LogP contribution < -0.4 is 0 Å². The van der Waals surface area contributed by atoms with Crippen LogP contribution in [0.1, 0.15) is 0 Å². The first kappa shape index (κ1) is 9.74. The summed E-state index contributed by atoms with van der Waals surface area (Å²) in [5.41, 5.74) is 0. The summed E-state index contributed by atoms with van der Waals surface area (Å²) in [4.78, 5) is 1.84. The van der Waals surface area contributed by atoms with E-state index in [1.54, 1.807) is 17.8 Å². The second-order valence-electron chi connectivity index (χ2n) is 3.06. The molecule has 0 bridgehead atoms. The molecule has 0 radical (unpaired) electrons. The summed E-state index contributed by atoms with van der Waals surface area (Å²) >= 11 is 5.82. The van der Waals surface area contributed by atoms with Crippen molar-refractivity contribution in [2.45, 2.75) is 9.79 Å². The van der Waals surface area contributed by atoms with Gasteiger partial charge in [-0.05, 0) is 41.3 Å². The molecule has 0 saturated carbocycles. The zero-order valence-electron chi connectivity index (χ0n) is 7.69. The van der Waals surface area contributed by atoms with Crippen molar-refractivity contribution in [3.8, 4) is 5.75 Å². The summed E-state index contributed by atoms with van der Waals surface area (Å²) in [5, 5.41) is 11.8. The Kier molecular flexibility index (Phi) is 2.61. The molecule has 0 fully saturated rings. The van der Waals surface area contributed by atoms with Crippen LogP contribution in [0.25, 0.3) is 10.8 Å². The maximum atomic E-state index is 9.64. The molecule has 1 N–H and O–H groups in total. The molecule has 0 heterocycles. The summed E-state index contributed by atoms with van der Waals surface area (Å²) in [7, 11) is 0. The molecular weight excluding hydrogens is 212 g/mol. The second-order valence-corrected chi connectivity index (χ2v) is 4.42. The van der Waals surface area contributed by atoms with Crippen LogP contribution in [0.5, 0.6) is 5.75 Å². The van der Waals surface area contributed by atoms with Gasteiger partial charge in [-0.3, -0.25) is 0 Å². The van der Waals surface area contributed by atoms with Gasteiger partial charge < -0.3 is 5.11 Å². The van der Waals surface area contributed by atoms with Gasteiger partial charge in [0.1, 0.15) is 5.75 Å². The van der Waals surface area contributed by atoms with Crippen LogP contribution in [0.15, 0.2) is 40.1 Å². The lowest BCUT2D eigenvalue weighted by Gasteiger charge is -2.04. The van der Waals surface area contributed by atoms with Gasteiger partial charge >= 0.3 is 0 Å². The van der Waals surface area contributed by atoms with Gasteiger partial charge in [-0.1, -0.05) is 6.07 Å². The number of hydrogen-bond acceptors (Lipinski definition) is 3. The average Bonchev–Trinajstić information content (AvgIpc) is 2.17. The highest BCUT2D eigenvalue weighted by Gasteiger charge is 2.02. The largest absolute Gasteiger partial charge is 0.507 e. The maximum Gasteiger partial charge on any atom is 0.129 e. The van der Waals surface area contributed by atoms with Crippen molar-refractivity contribution in [2.24, 2.45) is 0 Å². The molecule has 2 aromatic rings. The number of benzene rings is 2. The zero-order chi connectivity index (χ0) is 10.1. The third kappa shape index (κ3) is 1.70. The molecule has 0 aliphatic carbocycles. The van der Waals surface area contributed by atoms with Gasteiger partial charge in [-0.15, -0.1) is 24.4 Å². The minimum Gasteiger partial charge on any atom is -0.507 e. The van der Waals surface area contributed by atoms with E-state index in [-0.39, 0.29) is 0 Å². The van der Waals surface area contributed by atoms with Crippen LogP contribution in [-0.2, 0) is 0 Å². The summed E-state index contributed by atoms with van der Waals surface area (Å²) in [6.45, 7) is 0. The summed E-state index contributed by atoms with van der Waals surface area (Å²) in [5.74, 6) is 0.344. The number of phenols is 1. The van der Waals surface area contributed by atoms with E-state index in [0.717, 1.165) is 20.6 Å². The van der Waals surface area contributed by atoms with E-state index in [4.69, 9.17) is 0 Å². The molecule has 0 unspecified atom stereocenters. The standard InChI is InChI=1S/C11H10OS2/c1-14-11-6-8-4-9(13)3-2-7(8)5-10(11)12/h2-6,12-13H,1H3. The fraction of sp³-hybridized carbons (Fsp3) is 0.0909. The predicted octanol–water partition coefficient (Wildman–Crippen LogP) is 3.56. The molecule has 2 aromatic carbocycles. The molecule has 72 valence electrons. The lowest BCUT2D eigenvalue weighted by atomic mass is 10.1. The Morgan fingerprint density at radius 1 is 1.14 bits per heavy atom. The third-order valence-corrected chi connectivity index (χ3v) is 3.17. The minimum atomic E-state index is 0.344. The van der Waals surface area contributed by atoms with E-state index in [0.29, 0.717) is 5.75 Å². The van der Waals surface area contributed by atoms with Crippen molar-refractivity contribution in [1.29, 1.82) is 0 Å². The number of fused-ring (bicyclic) bond motifs is 1. The molecule has 2 rings (SSSR count). The maximum absolute atomic E-state index is 9.64. The minimum absolute atomic E-state index is 0.344. The van der Waals surface area contributed by atoms with Gasteiger partial charge in [0.25, 0.3) is 0 Å². The van der Waals surface area contributed by atoms with Crippen molar-refractivity contribution in [1.82, 2.24) is 0 Å². The number of thiol groups is 1. The van der Waals surface area contributed by atoms with Gasteiger partial charge in [-0.2, -0.15) is 0 Å². The first-order valence-corrected chi connectivity index (χ1v) is 5.87. The summed E-state index contributed by atoms with van der Waals surface area (Å²) in [6.07, 6.45) is 1.95. The molecule has 0 aromatic heterocycles. The SMILES string of the molecule is CSc1cc2cc(S)ccc2cc1O. The van der Waals surface area contributed by atoms with Crippen molar-refractivity contribution in [2.75, 3.05) is 6.26 Å². The molecule has 0 aliphatic heterocycles. The zero-order valence-corrected chi connectivity index (χ0v) is 9.40. The van der Waals surface area contributed by atoms with Crippen LogP contribution >= 0.6 is 24.4 Å². The van der Waals surface area contributed by atoms with Crippen LogP contribution in [0, 0.1) is 0 Å². The van der Waals surface area contributed by atoms with E-state index in [2.05, 4.69) is 12.6 Å².